The Balaban J connectivity index is 1.76. The van der Waals surface area contributed by atoms with Gasteiger partial charge in [-0.05, 0) is 62.1 Å². The maximum Gasteiger partial charge on any atom is 0.420 e. The van der Waals surface area contributed by atoms with Crippen molar-refractivity contribution in [2.75, 3.05) is 26.4 Å². The van der Waals surface area contributed by atoms with Gasteiger partial charge in [0.2, 0.25) is 0 Å². The van der Waals surface area contributed by atoms with Crippen molar-refractivity contribution >= 4 is 23.9 Å². The highest BCUT2D eigenvalue weighted by atomic mass is 19.4. The summed E-state index contributed by atoms with van der Waals surface area (Å²) in [6, 6.07) is 5.49. The van der Waals surface area contributed by atoms with Crippen LogP contribution in [0, 0.1) is 11.6 Å². The minimum absolute atomic E-state index is 0.00648. The molecule has 0 unspecified atom stereocenters. The van der Waals surface area contributed by atoms with Crippen molar-refractivity contribution in [2.24, 2.45) is 0 Å². The fourth-order valence-corrected chi connectivity index (χ4v) is 4.36. The lowest BCUT2D eigenvalue weighted by Gasteiger charge is -2.21. The van der Waals surface area contributed by atoms with Crippen LogP contribution in [-0.4, -0.2) is 50.3 Å². The van der Waals surface area contributed by atoms with Gasteiger partial charge in [-0.25, -0.2) is 28.0 Å². The second kappa shape index (κ2) is 19.2. The van der Waals surface area contributed by atoms with Gasteiger partial charge in [0, 0.05) is 24.3 Å². The number of hydrogen-bond donors (Lipinski definition) is 0. The lowest BCUT2D eigenvalue weighted by atomic mass is 10.0. The first-order valence-corrected chi connectivity index (χ1v) is 15.6. The molecular weight excluding hydrogens is 744 g/mol. The molecule has 290 valence electrons. The van der Waals surface area contributed by atoms with E-state index in [1.165, 1.54) is 0 Å². The quantitative estimate of drug-likeness (QED) is 0.0411. The second-order valence-electron chi connectivity index (χ2n) is 10.7. The molecule has 0 radical (unpaired) electrons. The van der Waals surface area contributed by atoms with E-state index in [0.29, 0.717) is 37.8 Å². The Kier molecular flexibility index (Phi) is 15.1. The van der Waals surface area contributed by atoms with E-state index in [1.54, 1.807) is 0 Å². The van der Waals surface area contributed by atoms with Crippen molar-refractivity contribution < 1.29 is 82.7 Å². The molecule has 0 aliphatic rings. The van der Waals surface area contributed by atoms with Crippen molar-refractivity contribution in [1.29, 1.82) is 0 Å². The molecule has 0 spiro atoms. The van der Waals surface area contributed by atoms with E-state index in [2.05, 4.69) is 22.6 Å². The van der Waals surface area contributed by atoms with Crippen molar-refractivity contribution in [3.63, 3.8) is 0 Å². The molecule has 0 aromatic heterocycles. The van der Waals surface area contributed by atoms with Gasteiger partial charge in [0.1, 0.15) is 45.8 Å². The van der Waals surface area contributed by atoms with Crippen LogP contribution < -0.4 is 18.9 Å². The molecular formula is C36H30F8O10. The Bertz CT molecular complexity index is 1720. The van der Waals surface area contributed by atoms with Crippen LogP contribution in [0.3, 0.4) is 0 Å². The normalized spacial score (nSPS) is 11.3. The van der Waals surface area contributed by atoms with Crippen LogP contribution >= 0.6 is 0 Å². The van der Waals surface area contributed by atoms with E-state index in [1.807, 2.05) is 0 Å². The highest BCUT2D eigenvalue weighted by Gasteiger charge is 2.49. The number of rotatable bonds is 18. The van der Waals surface area contributed by atoms with Gasteiger partial charge in [-0.15, -0.1) is 0 Å². The van der Waals surface area contributed by atoms with E-state index in [0.717, 1.165) is 36.4 Å². The molecule has 0 aliphatic carbocycles. The monoisotopic (exact) mass is 774 g/mol. The maximum absolute atomic E-state index is 14.8. The summed E-state index contributed by atoms with van der Waals surface area (Å²) < 4.78 is 144. The summed E-state index contributed by atoms with van der Waals surface area (Å²) in [5.74, 6) is -11.2. The van der Waals surface area contributed by atoms with Crippen molar-refractivity contribution in [2.45, 2.75) is 38.0 Å². The topological polar surface area (TPSA) is 124 Å². The van der Waals surface area contributed by atoms with Gasteiger partial charge in [0.05, 0.1) is 37.6 Å². The predicted octanol–water partition coefficient (Wildman–Crippen LogP) is 8.22. The first-order valence-electron chi connectivity index (χ1n) is 15.6. The second-order valence-corrected chi connectivity index (χ2v) is 10.7. The summed E-state index contributed by atoms with van der Waals surface area (Å²) in [7, 11) is 0. The molecule has 0 saturated carbocycles. The van der Waals surface area contributed by atoms with Gasteiger partial charge in [-0.1, -0.05) is 13.2 Å². The van der Waals surface area contributed by atoms with Crippen LogP contribution in [0.2, 0.25) is 0 Å². The zero-order valence-corrected chi connectivity index (χ0v) is 28.0. The molecule has 54 heavy (non-hydrogen) atoms. The highest BCUT2D eigenvalue weighted by Crippen LogP contribution is 2.49. The predicted molar refractivity (Wildman–Crippen MR) is 171 cm³/mol. The van der Waals surface area contributed by atoms with Crippen LogP contribution in [0.15, 0.2) is 73.8 Å². The average molecular weight is 775 g/mol. The van der Waals surface area contributed by atoms with Crippen LogP contribution in [0.4, 0.5) is 35.1 Å². The number of unbranched alkanes of at least 4 members (excludes halogenated alkanes) is 2. The van der Waals surface area contributed by atoms with Crippen molar-refractivity contribution in [3.05, 3.63) is 108 Å². The molecule has 10 nitrogen and oxygen atoms in total. The Labute approximate surface area is 301 Å². The fraction of sp³-hybridized carbons (Fsp3) is 0.278. The van der Waals surface area contributed by atoms with Crippen LogP contribution in [0.25, 0.3) is 0 Å². The Morgan fingerprint density at radius 2 is 0.907 bits per heavy atom. The number of carbonyl (C=O) groups excluding carboxylic acids is 4. The van der Waals surface area contributed by atoms with Gasteiger partial charge in [0.25, 0.3) is 0 Å². The average Bonchev–Trinajstić information content (AvgIpc) is 3.10. The molecule has 0 aliphatic heterocycles. The van der Waals surface area contributed by atoms with Gasteiger partial charge >= 0.3 is 36.2 Å². The molecule has 0 N–H and O–H groups in total. The number of ether oxygens (including phenoxy) is 6. The summed E-state index contributed by atoms with van der Waals surface area (Å²) in [6.45, 7) is 6.59. The first-order chi connectivity index (χ1) is 25.5. The molecule has 0 fully saturated rings. The standard InChI is InChI=1S/C36H30F8O10/c1-3-29(45)51-17-7-5-15-49-21-9-11-23(25(37)19-21)33(47)53-27-13-14-28(32(36(42,43)44)31(27)35(39,40)41)54-34(48)24-12-10-22(20-26(24)38)50-16-6-8-18-52-30(46)4-2/h3-4,9-14,19-20H,1-2,5-8,15-18H2. The first kappa shape index (κ1) is 42.5. The molecule has 0 atom stereocenters. The summed E-state index contributed by atoms with van der Waals surface area (Å²) in [6.07, 6.45) is -8.40. The van der Waals surface area contributed by atoms with Crippen LogP contribution in [-0.2, 0) is 31.4 Å². The van der Waals surface area contributed by atoms with Crippen LogP contribution in [0.5, 0.6) is 23.0 Å². The molecule has 0 heterocycles. The van der Waals surface area contributed by atoms with E-state index >= 15 is 0 Å². The smallest absolute Gasteiger partial charge is 0.420 e. The molecule has 0 amide bonds. The third kappa shape index (κ3) is 12.3. The summed E-state index contributed by atoms with van der Waals surface area (Å²) in [5, 5.41) is 0. The zero-order chi connectivity index (χ0) is 40.1. The summed E-state index contributed by atoms with van der Waals surface area (Å²) in [5.41, 5.74) is -7.10. The molecule has 0 saturated heterocycles. The zero-order valence-electron chi connectivity index (χ0n) is 28.0. The number of alkyl halides is 6. The number of halogens is 8. The van der Waals surface area contributed by atoms with Crippen molar-refractivity contribution in [1.82, 2.24) is 0 Å². The van der Waals surface area contributed by atoms with Gasteiger partial charge in [-0.3, -0.25) is 0 Å². The van der Waals surface area contributed by atoms with E-state index in [4.69, 9.17) is 18.9 Å². The Morgan fingerprint density at radius 1 is 0.556 bits per heavy atom. The minimum Gasteiger partial charge on any atom is -0.493 e. The molecule has 3 aromatic carbocycles. The molecule has 3 aromatic rings. The number of benzene rings is 3. The third-order valence-corrected chi connectivity index (χ3v) is 6.86. The van der Waals surface area contributed by atoms with E-state index in [-0.39, 0.29) is 50.1 Å². The number of esters is 4. The van der Waals surface area contributed by atoms with E-state index < -0.39 is 81.6 Å². The summed E-state index contributed by atoms with van der Waals surface area (Å²) in [4.78, 5) is 47.4. The van der Waals surface area contributed by atoms with Gasteiger partial charge in [-0.2, -0.15) is 26.3 Å². The molecule has 0 bridgehead atoms. The van der Waals surface area contributed by atoms with Crippen molar-refractivity contribution in [3.8, 4) is 23.0 Å². The molecule has 18 heteroatoms. The summed E-state index contributed by atoms with van der Waals surface area (Å²) >= 11 is 0. The number of hydrogen-bond acceptors (Lipinski definition) is 10. The molecule has 3 rings (SSSR count). The largest absolute Gasteiger partial charge is 0.493 e. The maximum atomic E-state index is 14.8. The van der Waals surface area contributed by atoms with E-state index in [9.17, 15) is 54.3 Å². The van der Waals surface area contributed by atoms with Crippen LogP contribution in [0.1, 0.15) is 57.5 Å². The SMILES string of the molecule is C=CC(=O)OCCCCOc1ccc(C(=O)Oc2ccc(OC(=O)c3ccc(OCCCCOC(=O)C=C)cc3F)c(C(F)(F)F)c2C(F)(F)F)c(F)c1. The number of carbonyl (C=O) groups is 4. The lowest BCUT2D eigenvalue weighted by molar-refractivity contribution is -0.163. The highest BCUT2D eigenvalue weighted by molar-refractivity contribution is 5.93. The lowest BCUT2D eigenvalue weighted by Crippen LogP contribution is -2.23. The minimum atomic E-state index is -5.89. The fourth-order valence-electron chi connectivity index (χ4n) is 4.36. The van der Waals surface area contributed by atoms with Gasteiger partial charge < -0.3 is 28.4 Å². The third-order valence-electron chi connectivity index (χ3n) is 6.86. The Morgan fingerprint density at radius 3 is 1.22 bits per heavy atom. The Hall–Kier alpha value is -5.94. The van der Waals surface area contributed by atoms with Gasteiger partial charge in [0.15, 0.2) is 0 Å².